The van der Waals surface area contributed by atoms with Crippen LogP contribution in [0.25, 0.3) is 0 Å². The van der Waals surface area contributed by atoms with Crippen LogP contribution in [0.3, 0.4) is 0 Å². The van der Waals surface area contributed by atoms with Gasteiger partial charge in [0.05, 0.1) is 0 Å². The highest BCUT2D eigenvalue weighted by atomic mass is 16.5. The Morgan fingerprint density at radius 1 is 1.05 bits per heavy atom. The summed E-state index contributed by atoms with van der Waals surface area (Å²) in [6.07, 6.45) is 0. The molecule has 0 aliphatic rings. The summed E-state index contributed by atoms with van der Waals surface area (Å²) in [4.78, 5) is 0. The van der Waals surface area contributed by atoms with Gasteiger partial charge >= 0.3 is 0 Å². The first-order chi connectivity index (χ1) is 9.28. The molecule has 0 bridgehead atoms. The van der Waals surface area contributed by atoms with Crippen molar-refractivity contribution in [2.24, 2.45) is 0 Å². The second kappa shape index (κ2) is 6.81. The summed E-state index contributed by atoms with van der Waals surface area (Å²) in [5, 5.41) is 12.7. The largest absolute Gasteiger partial charge is 0.508 e. The van der Waals surface area contributed by atoms with Crippen molar-refractivity contribution in [1.29, 1.82) is 0 Å². The van der Waals surface area contributed by atoms with Crippen LogP contribution in [0.5, 0.6) is 11.5 Å². The first-order valence-corrected chi connectivity index (χ1v) is 6.48. The second-order valence-electron chi connectivity index (χ2n) is 4.39. The molecule has 3 nitrogen and oxygen atoms in total. The first-order valence-electron chi connectivity index (χ1n) is 6.48. The molecule has 0 radical (unpaired) electrons. The van der Waals surface area contributed by atoms with E-state index in [-0.39, 0.29) is 5.75 Å². The quantitative estimate of drug-likeness (QED) is 0.835. The van der Waals surface area contributed by atoms with E-state index < -0.39 is 0 Å². The van der Waals surface area contributed by atoms with Gasteiger partial charge in [-0.1, -0.05) is 31.2 Å². The van der Waals surface area contributed by atoms with E-state index in [1.165, 1.54) is 5.56 Å². The Labute approximate surface area is 113 Å². The zero-order valence-corrected chi connectivity index (χ0v) is 11.1. The summed E-state index contributed by atoms with van der Waals surface area (Å²) in [5.41, 5.74) is 2.16. The van der Waals surface area contributed by atoms with Crippen molar-refractivity contribution in [3.63, 3.8) is 0 Å². The van der Waals surface area contributed by atoms with Gasteiger partial charge in [0, 0.05) is 6.54 Å². The van der Waals surface area contributed by atoms with Crippen molar-refractivity contribution in [2.45, 2.75) is 20.1 Å². The summed E-state index contributed by atoms with van der Waals surface area (Å²) in [6.45, 7) is 4.34. The zero-order chi connectivity index (χ0) is 13.5. The molecule has 0 heterocycles. The lowest BCUT2D eigenvalue weighted by Crippen LogP contribution is -2.11. The van der Waals surface area contributed by atoms with E-state index in [0.29, 0.717) is 6.61 Å². The van der Waals surface area contributed by atoms with Crippen LogP contribution >= 0.6 is 0 Å². The molecule has 0 fully saturated rings. The molecule has 100 valence electrons. The average Bonchev–Trinajstić information content (AvgIpc) is 2.43. The van der Waals surface area contributed by atoms with E-state index in [2.05, 4.69) is 18.3 Å². The molecule has 0 atom stereocenters. The monoisotopic (exact) mass is 257 g/mol. The maximum atomic E-state index is 9.39. The Morgan fingerprint density at radius 3 is 2.63 bits per heavy atom. The van der Waals surface area contributed by atoms with Gasteiger partial charge in [0.25, 0.3) is 0 Å². The molecule has 2 aromatic carbocycles. The van der Waals surface area contributed by atoms with E-state index in [1.54, 1.807) is 12.1 Å². The highest BCUT2D eigenvalue weighted by Gasteiger charge is 1.99. The second-order valence-corrected chi connectivity index (χ2v) is 4.39. The van der Waals surface area contributed by atoms with Gasteiger partial charge in [0.2, 0.25) is 0 Å². The summed E-state index contributed by atoms with van der Waals surface area (Å²) >= 11 is 0. The van der Waals surface area contributed by atoms with Crippen LogP contribution in [0, 0.1) is 0 Å². The number of rotatable bonds is 6. The summed E-state index contributed by atoms with van der Waals surface area (Å²) < 4.78 is 5.73. The lowest BCUT2D eigenvalue weighted by Gasteiger charge is -2.08. The summed E-state index contributed by atoms with van der Waals surface area (Å²) in [7, 11) is 0. The molecule has 0 unspecified atom stereocenters. The standard InChI is InChI=1S/C16H19NO2/c1-2-17-11-13-5-4-8-16(10-13)19-12-14-6-3-7-15(18)9-14/h3-10,17-18H,2,11-12H2,1H3. The molecule has 0 aliphatic carbocycles. The van der Waals surface area contributed by atoms with Crippen molar-refractivity contribution >= 4 is 0 Å². The molecule has 0 amide bonds. The summed E-state index contributed by atoms with van der Waals surface area (Å²) in [5.74, 6) is 1.11. The average molecular weight is 257 g/mol. The van der Waals surface area contributed by atoms with Crippen LogP contribution in [-0.4, -0.2) is 11.7 Å². The number of benzene rings is 2. The Hall–Kier alpha value is -2.00. The number of aromatic hydroxyl groups is 1. The Bertz CT molecular complexity index is 526. The zero-order valence-electron chi connectivity index (χ0n) is 11.1. The predicted molar refractivity (Wildman–Crippen MR) is 76.3 cm³/mol. The van der Waals surface area contributed by atoms with E-state index in [1.807, 2.05) is 30.3 Å². The fourth-order valence-corrected chi connectivity index (χ4v) is 1.83. The predicted octanol–water partition coefficient (Wildman–Crippen LogP) is 3.08. The molecule has 2 rings (SSSR count). The lowest BCUT2D eigenvalue weighted by molar-refractivity contribution is 0.305. The fourth-order valence-electron chi connectivity index (χ4n) is 1.83. The minimum atomic E-state index is 0.266. The Kier molecular flexibility index (Phi) is 4.81. The van der Waals surface area contributed by atoms with Crippen LogP contribution in [0.4, 0.5) is 0 Å². The molecule has 0 saturated carbocycles. The summed E-state index contributed by atoms with van der Waals surface area (Å²) in [6, 6.07) is 15.2. The molecule has 0 saturated heterocycles. The highest BCUT2D eigenvalue weighted by molar-refractivity contribution is 5.30. The fraction of sp³-hybridized carbons (Fsp3) is 0.250. The number of nitrogens with one attached hydrogen (secondary N) is 1. The number of hydrogen-bond acceptors (Lipinski definition) is 3. The Balaban J connectivity index is 1.95. The number of phenols is 1. The molecule has 0 aliphatic heterocycles. The third-order valence-corrected chi connectivity index (χ3v) is 2.79. The maximum absolute atomic E-state index is 9.39. The maximum Gasteiger partial charge on any atom is 0.120 e. The van der Waals surface area contributed by atoms with E-state index in [0.717, 1.165) is 24.4 Å². The minimum Gasteiger partial charge on any atom is -0.508 e. The van der Waals surface area contributed by atoms with Crippen molar-refractivity contribution in [1.82, 2.24) is 5.32 Å². The molecule has 0 spiro atoms. The lowest BCUT2D eigenvalue weighted by atomic mass is 10.2. The van der Waals surface area contributed by atoms with E-state index in [9.17, 15) is 5.11 Å². The topological polar surface area (TPSA) is 41.5 Å². The van der Waals surface area contributed by atoms with E-state index >= 15 is 0 Å². The van der Waals surface area contributed by atoms with Gasteiger partial charge in [-0.2, -0.15) is 0 Å². The van der Waals surface area contributed by atoms with Crippen LogP contribution in [0.2, 0.25) is 0 Å². The molecular formula is C16H19NO2. The third kappa shape index (κ3) is 4.30. The van der Waals surface area contributed by atoms with Crippen LogP contribution in [-0.2, 0) is 13.2 Å². The number of ether oxygens (including phenoxy) is 1. The molecular weight excluding hydrogens is 238 g/mol. The number of hydrogen-bond donors (Lipinski definition) is 2. The van der Waals surface area contributed by atoms with Gasteiger partial charge < -0.3 is 15.2 Å². The minimum absolute atomic E-state index is 0.266. The smallest absolute Gasteiger partial charge is 0.120 e. The van der Waals surface area contributed by atoms with Crippen molar-refractivity contribution in [3.05, 3.63) is 59.7 Å². The van der Waals surface area contributed by atoms with Crippen molar-refractivity contribution < 1.29 is 9.84 Å². The molecule has 19 heavy (non-hydrogen) atoms. The highest BCUT2D eigenvalue weighted by Crippen LogP contribution is 2.17. The molecule has 0 aromatic heterocycles. The van der Waals surface area contributed by atoms with Crippen LogP contribution < -0.4 is 10.1 Å². The van der Waals surface area contributed by atoms with Gasteiger partial charge in [-0.15, -0.1) is 0 Å². The van der Waals surface area contributed by atoms with Crippen molar-refractivity contribution in [2.75, 3.05) is 6.54 Å². The third-order valence-electron chi connectivity index (χ3n) is 2.79. The molecule has 2 aromatic rings. The van der Waals surface area contributed by atoms with Gasteiger partial charge in [-0.25, -0.2) is 0 Å². The molecule has 2 N–H and O–H groups in total. The van der Waals surface area contributed by atoms with E-state index in [4.69, 9.17) is 4.74 Å². The van der Waals surface area contributed by atoms with Gasteiger partial charge in [-0.05, 0) is 41.9 Å². The van der Waals surface area contributed by atoms with Gasteiger partial charge in [0.15, 0.2) is 0 Å². The van der Waals surface area contributed by atoms with Crippen LogP contribution in [0.15, 0.2) is 48.5 Å². The molecule has 3 heteroatoms. The van der Waals surface area contributed by atoms with Crippen LogP contribution in [0.1, 0.15) is 18.1 Å². The first kappa shape index (κ1) is 13.4. The SMILES string of the molecule is CCNCc1cccc(OCc2cccc(O)c2)c1. The van der Waals surface area contributed by atoms with Gasteiger partial charge in [-0.3, -0.25) is 0 Å². The normalized spacial score (nSPS) is 10.4. The van der Waals surface area contributed by atoms with Crippen molar-refractivity contribution in [3.8, 4) is 11.5 Å². The number of phenolic OH excluding ortho intramolecular Hbond substituents is 1. The van der Waals surface area contributed by atoms with Gasteiger partial charge in [0.1, 0.15) is 18.1 Å². The Morgan fingerprint density at radius 2 is 1.84 bits per heavy atom.